The number of halogens is 3. The van der Waals surface area contributed by atoms with Gasteiger partial charge in [0, 0.05) is 44.9 Å². The van der Waals surface area contributed by atoms with Crippen LogP contribution in [0.2, 0.25) is 0 Å². The molecule has 4 rings (SSSR count). The number of nitro benzene ring substituents is 1. The van der Waals surface area contributed by atoms with E-state index in [0.717, 1.165) is 0 Å². The maximum absolute atomic E-state index is 13.4. The molecule has 1 aromatic carbocycles. The molecule has 3 fully saturated rings. The number of rotatable bonds is 8. The van der Waals surface area contributed by atoms with Crippen molar-refractivity contribution in [3.8, 4) is 0 Å². The van der Waals surface area contributed by atoms with Gasteiger partial charge in [-0.2, -0.15) is 34.2 Å². The van der Waals surface area contributed by atoms with Crippen LogP contribution < -0.4 is 11.1 Å². The second-order valence-electron chi connectivity index (χ2n) is 9.26. The highest BCUT2D eigenvalue weighted by molar-refractivity contribution is 7.86. The van der Waals surface area contributed by atoms with Gasteiger partial charge in [0.05, 0.1) is 16.3 Å². The van der Waals surface area contributed by atoms with Gasteiger partial charge >= 0.3 is 27.7 Å². The number of nitro groups is 1. The highest BCUT2D eigenvalue weighted by atomic mass is 32.2. The monoisotopic (exact) mass is 629 g/mol. The van der Waals surface area contributed by atoms with Gasteiger partial charge in [-0.25, -0.2) is 4.79 Å². The number of nitrogens with zero attached hydrogens (tertiary/aromatic N) is 3. The van der Waals surface area contributed by atoms with Crippen LogP contribution in [0.15, 0.2) is 24.3 Å². The largest absolute Gasteiger partial charge is 0.522 e. The minimum atomic E-state index is -5.84. The molecule has 20 heteroatoms. The summed E-state index contributed by atoms with van der Waals surface area (Å²) < 4.78 is 67.0. The molecule has 0 bridgehead atoms. The Morgan fingerprint density at radius 2 is 1.78 bits per heavy atom. The van der Waals surface area contributed by atoms with E-state index in [1.165, 1.54) is 24.3 Å². The van der Waals surface area contributed by atoms with Crippen LogP contribution in [0.4, 0.5) is 23.7 Å². The molecule has 228 valence electrons. The highest BCUT2D eigenvalue weighted by Crippen LogP contribution is 2.58. The number of ether oxygens (including phenoxy) is 2. The van der Waals surface area contributed by atoms with Gasteiger partial charge in [0.2, 0.25) is 0 Å². The molecule has 3 atom stereocenters. The average Bonchev–Trinajstić information content (AvgIpc) is 3.31. The summed E-state index contributed by atoms with van der Waals surface area (Å²) >= 11 is 4.79. The van der Waals surface area contributed by atoms with Crippen LogP contribution in [0.1, 0.15) is 12.0 Å². The summed E-state index contributed by atoms with van der Waals surface area (Å²) in [6.07, 6.45) is -0.728. The molecule has 3 saturated heterocycles. The first-order valence-electron chi connectivity index (χ1n) is 11.8. The summed E-state index contributed by atoms with van der Waals surface area (Å²) in [6.45, 7) is 2.56. The van der Waals surface area contributed by atoms with Gasteiger partial charge in [0.1, 0.15) is 12.5 Å². The Morgan fingerprint density at radius 3 is 2.27 bits per heavy atom. The van der Waals surface area contributed by atoms with E-state index in [-0.39, 0.29) is 37.8 Å². The molecule has 0 aliphatic carbocycles. The third-order valence-electron chi connectivity index (χ3n) is 6.73. The Balaban J connectivity index is 0.000000507. The van der Waals surface area contributed by atoms with E-state index in [9.17, 15) is 37.7 Å². The third kappa shape index (κ3) is 6.83. The Kier molecular flexibility index (Phi) is 9.43. The molecule has 3 aliphatic rings. The van der Waals surface area contributed by atoms with Crippen LogP contribution in [0, 0.1) is 16.0 Å². The minimum Gasteiger partial charge on any atom is -0.460 e. The van der Waals surface area contributed by atoms with Crippen molar-refractivity contribution >= 4 is 46.4 Å². The van der Waals surface area contributed by atoms with Crippen LogP contribution in [-0.4, -0.2) is 101 Å². The van der Waals surface area contributed by atoms with Crippen LogP contribution in [-0.2, 0) is 35.8 Å². The second-order valence-corrected chi connectivity index (χ2v) is 11.6. The lowest BCUT2D eigenvalue weighted by Gasteiger charge is -2.38. The number of benzene rings is 1. The first-order chi connectivity index (χ1) is 18.9. The van der Waals surface area contributed by atoms with Gasteiger partial charge in [-0.3, -0.25) is 29.2 Å². The van der Waals surface area contributed by atoms with E-state index in [4.69, 9.17) is 40.8 Å². The Morgan fingerprint density at radius 1 is 1.22 bits per heavy atom. The van der Waals surface area contributed by atoms with E-state index in [0.29, 0.717) is 31.7 Å². The molecule has 3 aliphatic heterocycles. The molecule has 0 aromatic heterocycles. The summed E-state index contributed by atoms with van der Waals surface area (Å²) in [6, 6.07) is 5.68. The standard InChI is InChI=1S/C20H25N5O7S.CHF3O3S/c21-18(28)31-10-5-19(33)12-24-17(27)20(24,23-8-6-22-7-9-23)15(19)16(26)32-11-13-1-3-14(4-2-13)25(29)30;2-1(3,4)8(5,6)7/h1-4,15,22,33H,5-12H2,(H2,21,28);(H,5,6,7)/t15?,19-,20+,24?;/m1./s1. The van der Waals surface area contributed by atoms with Crippen molar-refractivity contribution in [3.05, 3.63) is 39.9 Å². The molecule has 0 spiro atoms. The SMILES string of the molecule is NC(=O)OCC[C@@]1(S)CN2C(=O)[C@]2(N2CCNCC2)C1C(=O)OCc1ccc([N+](=O)[O-])cc1.O=S(=O)(O)C(F)(F)F. The number of nitrogens with two attached hydrogens (primary N) is 1. The van der Waals surface area contributed by atoms with E-state index in [1.54, 1.807) is 4.90 Å². The fourth-order valence-electron chi connectivity index (χ4n) is 4.87. The lowest BCUT2D eigenvalue weighted by Crippen LogP contribution is -2.58. The topological polar surface area (TPSA) is 211 Å². The number of piperidine rings is 1. The molecule has 41 heavy (non-hydrogen) atoms. The van der Waals surface area contributed by atoms with Crippen molar-refractivity contribution in [1.82, 2.24) is 15.1 Å². The van der Waals surface area contributed by atoms with E-state index < -0.39 is 48.9 Å². The number of nitrogens with one attached hydrogen (secondary N) is 1. The van der Waals surface area contributed by atoms with Gasteiger partial charge < -0.3 is 25.4 Å². The van der Waals surface area contributed by atoms with Gasteiger partial charge in [0.15, 0.2) is 5.66 Å². The summed E-state index contributed by atoms with van der Waals surface area (Å²) in [5, 5.41) is 14.1. The molecular formula is C21H26F3N5O10S2. The fraction of sp³-hybridized carbons (Fsp3) is 0.571. The number of thiol groups is 1. The molecule has 0 saturated carbocycles. The van der Waals surface area contributed by atoms with E-state index in [1.807, 2.05) is 4.90 Å². The zero-order valence-corrected chi connectivity index (χ0v) is 22.8. The number of carbonyl (C=O) groups is 3. The maximum Gasteiger partial charge on any atom is 0.522 e. The average molecular weight is 630 g/mol. The van der Waals surface area contributed by atoms with Crippen molar-refractivity contribution in [2.75, 3.05) is 39.3 Å². The Hall–Kier alpha value is -3.20. The van der Waals surface area contributed by atoms with Crippen LogP contribution >= 0.6 is 12.6 Å². The molecule has 2 amide bonds. The molecular weight excluding hydrogens is 603 g/mol. The molecule has 1 unspecified atom stereocenters. The number of amides is 2. The van der Waals surface area contributed by atoms with Crippen molar-refractivity contribution in [1.29, 1.82) is 0 Å². The van der Waals surface area contributed by atoms with Crippen molar-refractivity contribution in [3.63, 3.8) is 0 Å². The molecule has 4 N–H and O–H groups in total. The van der Waals surface area contributed by atoms with E-state index >= 15 is 0 Å². The normalized spacial score (nSPS) is 25.9. The second kappa shape index (κ2) is 12.0. The highest BCUT2D eigenvalue weighted by Gasteiger charge is 2.81. The predicted molar refractivity (Wildman–Crippen MR) is 135 cm³/mol. The maximum atomic E-state index is 13.4. The quantitative estimate of drug-likeness (QED) is 0.0580. The molecule has 3 heterocycles. The number of alkyl halides is 3. The van der Waals surface area contributed by atoms with Gasteiger partial charge in [-0.1, -0.05) is 0 Å². The molecule has 15 nitrogen and oxygen atoms in total. The number of piperazine rings is 1. The smallest absolute Gasteiger partial charge is 0.460 e. The van der Waals surface area contributed by atoms with Crippen molar-refractivity contribution < 1.29 is 54.9 Å². The number of fused-ring (bicyclic) bond motifs is 1. The number of hydrogen-bond acceptors (Lipinski definition) is 12. The number of non-ortho nitro benzene ring substituents is 1. The van der Waals surface area contributed by atoms with Crippen molar-refractivity contribution in [2.24, 2.45) is 11.7 Å². The first kappa shape index (κ1) is 32.3. The molecule has 1 aromatic rings. The first-order valence-corrected chi connectivity index (χ1v) is 13.7. The zero-order valence-electron chi connectivity index (χ0n) is 21.1. The van der Waals surface area contributed by atoms with Gasteiger partial charge in [-0.15, -0.1) is 0 Å². The number of primary amides is 1. The number of esters is 1. The number of hydrogen-bond donors (Lipinski definition) is 4. The summed E-state index contributed by atoms with van der Waals surface area (Å²) in [5.74, 6) is -1.68. The van der Waals surface area contributed by atoms with E-state index in [2.05, 4.69) is 5.32 Å². The van der Waals surface area contributed by atoms with Crippen molar-refractivity contribution in [2.45, 2.75) is 28.9 Å². The lowest BCUT2D eigenvalue weighted by atomic mass is 9.83. The van der Waals surface area contributed by atoms with Crippen LogP contribution in [0.25, 0.3) is 0 Å². The predicted octanol–water partition coefficient (Wildman–Crippen LogP) is 0.260. The summed E-state index contributed by atoms with van der Waals surface area (Å²) in [4.78, 5) is 51.3. The third-order valence-corrected chi connectivity index (χ3v) is 7.94. The Labute approximate surface area is 236 Å². The Bertz CT molecular complexity index is 1290. The zero-order chi connectivity index (χ0) is 30.8. The number of carbonyl (C=O) groups excluding carboxylic acids is 3. The van der Waals surface area contributed by atoms with Crippen LogP contribution in [0.3, 0.4) is 0 Å². The molecule has 0 radical (unpaired) electrons. The van der Waals surface area contributed by atoms with Crippen LogP contribution in [0.5, 0.6) is 0 Å². The van der Waals surface area contributed by atoms with Gasteiger partial charge in [0.25, 0.3) is 11.6 Å². The fourth-order valence-corrected chi connectivity index (χ4v) is 5.39. The summed E-state index contributed by atoms with van der Waals surface area (Å²) in [5.41, 5.74) is -1.11. The van der Waals surface area contributed by atoms with Gasteiger partial charge in [-0.05, 0) is 24.1 Å². The minimum absolute atomic E-state index is 0.0510. The summed E-state index contributed by atoms with van der Waals surface area (Å²) in [7, 11) is -5.84. The lowest BCUT2D eigenvalue weighted by molar-refractivity contribution is -0.384.